The summed E-state index contributed by atoms with van der Waals surface area (Å²) in [5.74, 6) is -1.62. The first-order valence-corrected chi connectivity index (χ1v) is 9.97. The normalized spacial score (nSPS) is 12.4. The van der Waals surface area contributed by atoms with E-state index >= 15 is 0 Å². The Morgan fingerprint density at radius 3 is 2.55 bits per heavy atom. The molecule has 0 saturated heterocycles. The van der Waals surface area contributed by atoms with E-state index < -0.39 is 34.7 Å². The maximum Gasteiger partial charge on any atom is 0.417 e. The zero-order chi connectivity index (χ0) is 23.6. The number of alkyl halides is 3. The molecule has 33 heavy (non-hydrogen) atoms. The molecule has 2 N–H and O–H groups in total. The highest BCUT2D eigenvalue weighted by atomic mass is 35.5. The largest absolute Gasteiger partial charge is 0.444 e. The summed E-state index contributed by atoms with van der Waals surface area (Å²) in [6.45, 7) is 0. The third-order valence-electron chi connectivity index (χ3n) is 4.78. The van der Waals surface area contributed by atoms with Gasteiger partial charge in [-0.1, -0.05) is 41.9 Å². The molecular weight excluding hydrogens is 459 g/mol. The fourth-order valence-corrected chi connectivity index (χ4v) is 3.46. The van der Waals surface area contributed by atoms with Gasteiger partial charge in [0.05, 0.1) is 16.1 Å². The van der Waals surface area contributed by atoms with Crippen LogP contribution in [0.25, 0.3) is 11.0 Å². The van der Waals surface area contributed by atoms with Crippen molar-refractivity contribution in [2.75, 3.05) is 5.32 Å². The lowest BCUT2D eigenvalue weighted by atomic mass is 10.1. The van der Waals surface area contributed by atoms with Crippen molar-refractivity contribution in [2.24, 2.45) is 0 Å². The van der Waals surface area contributed by atoms with Crippen LogP contribution in [0, 0.1) is 0 Å². The number of anilines is 1. The smallest absolute Gasteiger partial charge is 0.417 e. The number of ether oxygens (including phenoxy) is 1. The number of carbonyl (C=O) groups is 2. The highest BCUT2D eigenvalue weighted by Gasteiger charge is 2.34. The fourth-order valence-electron chi connectivity index (χ4n) is 3.24. The Balaban J connectivity index is 1.64. The van der Waals surface area contributed by atoms with Crippen LogP contribution in [0.4, 0.5) is 18.9 Å². The molecular formula is C23H15ClF3N3O3. The van der Waals surface area contributed by atoms with E-state index in [0.29, 0.717) is 16.6 Å². The Labute approximate surface area is 190 Å². The second-order valence-electron chi connectivity index (χ2n) is 6.98. The summed E-state index contributed by atoms with van der Waals surface area (Å²) in [5.41, 5.74) is -0.257. The van der Waals surface area contributed by atoms with Gasteiger partial charge in [0.2, 0.25) is 6.10 Å². The number of benzene rings is 2. The predicted octanol–water partition coefficient (Wildman–Crippen LogP) is 5.77. The van der Waals surface area contributed by atoms with E-state index in [1.54, 1.807) is 42.6 Å². The third kappa shape index (κ3) is 4.83. The van der Waals surface area contributed by atoms with Crippen LogP contribution < -0.4 is 5.32 Å². The van der Waals surface area contributed by atoms with E-state index in [2.05, 4.69) is 15.3 Å². The van der Waals surface area contributed by atoms with Crippen LogP contribution in [0.5, 0.6) is 0 Å². The van der Waals surface area contributed by atoms with Gasteiger partial charge in [0.25, 0.3) is 5.91 Å². The van der Waals surface area contributed by atoms with E-state index in [-0.39, 0.29) is 11.3 Å². The molecule has 0 aliphatic heterocycles. The lowest BCUT2D eigenvalue weighted by Crippen LogP contribution is -2.26. The number of halogens is 4. The van der Waals surface area contributed by atoms with Gasteiger partial charge in [0.1, 0.15) is 5.65 Å². The summed E-state index contributed by atoms with van der Waals surface area (Å²) in [4.78, 5) is 32.9. The second kappa shape index (κ2) is 8.95. The maximum absolute atomic E-state index is 13.2. The van der Waals surface area contributed by atoms with Crippen LogP contribution in [-0.2, 0) is 15.7 Å². The first-order chi connectivity index (χ1) is 15.7. The summed E-state index contributed by atoms with van der Waals surface area (Å²) >= 11 is 5.64. The highest BCUT2D eigenvalue weighted by molar-refractivity contribution is 6.31. The molecule has 4 aromatic rings. The van der Waals surface area contributed by atoms with Gasteiger partial charge >= 0.3 is 12.1 Å². The number of pyridine rings is 1. The minimum Gasteiger partial charge on any atom is -0.444 e. The first kappa shape index (κ1) is 22.3. The zero-order valence-electron chi connectivity index (χ0n) is 16.7. The maximum atomic E-state index is 13.2. The Bertz CT molecular complexity index is 1320. The van der Waals surface area contributed by atoms with Crippen molar-refractivity contribution in [3.8, 4) is 0 Å². The number of aromatic nitrogens is 2. The van der Waals surface area contributed by atoms with Gasteiger partial charge in [-0.3, -0.25) is 4.79 Å². The molecule has 0 spiro atoms. The molecule has 1 atom stereocenters. The van der Waals surface area contributed by atoms with Crippen LogP contribution in [0.2, 0.25) is 5.02 Å². The highest BCUT2D eigenvalue weighted by Crippen LogP contribution is 2.36. The van der Waals surface area contributed by atoms with Crippen LogP contribution in [0.15, 0.2) is 73.1 Å². The molecule has 2 aromatic carbocycles. The molecule has 0 saturated carbocycles. The first-order valence-electron chi connectivity index (χ1n) is 9.59. The summed E-state index contributed by atoms with van der Waals surface area (Å²) in [6, 6.07) is 14.2. The molecule has 0 radical (unpaired) electrons. The predicted molar refractivity (Wildman–Crippen MR) is 116 cm³/mol. The number of H-pyrrole nitrogens is 1. The molecule has 6 nitrogen and oxygen atoms in total. The van der Waals surface area contributed by atoms with Crippen molar-refractivity contribution in [1.29, 1.82) is 0 Å². The van der Waals surface area contributed by atoms with Gasteiger partial charge in [0.15, 0.2) is 0 Å². The Morgan fingerprint density at radius 1 is 1.06 bits per heavy atom. The van der Waals surface area contributed by atoms with Gasteiger partial charge in [-0.05, 0) is 30.3 Å². The van der Waals surface area contributed by atoms with Gasteiger partial charge < -0.3 is 15.0 Å². The Kier molecular flexibility index (Phi) is 6.06. The summed E-state index contributed by atoms with van der Waals surface area (Å²) in [6.07, 6.45) is -3.11. The van der Waals surface area contributed by atoms with E-state index in [4.69, 9.17) is 16.3 Å². The van der Waals surface area contributed by atoms with Crippen LogP contribution in [-0.4, -0.2) is 21.8 Å². The molecule has 2 aromatic heterocycles. The molecule has 0 aliphatic carbocycles. The number of carbonyl (C=O) groups excluding carboxylic acids is 2. The van der Waals surface area contributed by atoms with Crippen molar-refractivity contribution in [1.82, 2.24) is 9.97 Å². The van der Waals surface area contributed by atoms with E-state index in [1.807, 2.05) is 0 Å². The number of rotatable bonds is 5. The molecule has 0 fully saturated rings. The second-order valence-corrected chi connectivity index (χ2v) is 7.38. The van der Waals surface area contributed by atoms with Crippen molar-refractivity contribution in [2.45, 2.75) is 12.3 Å². The summed E-state index contributed by atoms with van der Waals surface area (Å²) in [7, 11) is 0. The van der Waals surface area contributed by atoms with Crippen LogP contribution in [0.1, 0.15) is 27.6 Å². The topological polar surface area (TPSA) is 84.1 Å². The van der Waals surface area contributed by atoms with Gasteiger partial charge in [-0.15, -0.1) is 0 Å². The standard InChI is InChI=1S/C23H15ClF3N3O3/c24-18-7-6-14(12-17(18)23(25,26)27)30-21(31)19(13-4-2-1-3-5-13)33-22(32)16-9-11-29-20-15(16)8-10-28-20/h1-12,19H,(H,28,29)(H,30,31). The zero-order valence-corrected chi connectivity index (χ0v) is 17.4. The molecule has 10 heteroatoms. The van der Waals surface area contributed by atoms with Crippen molar-refractivity contribution < 1.29 is 27.5 Å². The lowest BCUT2D eigenvalue weighted by Gasteiger charge is -2.19. The van der Waals surface area contributed by atoms with Gasteiger partial charge in [-0.2, -0.15) is 13.2 Å². The monoisotopic (exact) mass is 473 g/mol. The Morgan fingerprint density at radius 2 is 1.82 bits per heavy atom. The Hall–Kier alpha value is -3.85. The molecule has 168 valence electrons. The summed E-state index contributed by atoms with van der Waals surface area (Å²) < 4.78 is 45.0. The third-order valence-corrected chi connectivity index (χ3v) is 5.11. The number of nitrogens with zero attached hydrogens (tertiary/aromatic N) is 1. The van der Waals surface area contributed by atoms with E-state index in [0.717, 1.165) is 12.1 Å². The molecule has 2 heterocycles. The van der Waals surface area contributed by atoms with Crippen molar-refractivity contribution >= 4 is 40.2 Å². The molecule has 0 aliphatic rings. The minimum atomic E-state index is -4.70. The number of amides is 1. The van der Waals surface area contributed by atoms with Crippen LogP contribution >= 0.6 is 11.6 Å². The van der Waals surface area contributed by atoms with E-state index in [9.17, 15) is 22.8 Å². The number of hydrogen-bond acceptors (Lipinski definition) is 4. The van der Waals surface area contributed by atoms with Crippen molar-refractivity contribution in [3.63, 3.8) is 0 Å². The number of fused-ring (bicyclic) bond motifs is 1. The van der Waals surface area contributed by atoms with E-state index in [1.165, 1.54) is 18.3 Å². The molecule has 1 amide bonds. The van der Waals surface area contributed by atoms with Gasteiger partial charge in [0, 0.05) is 29.0 Å². The average Bonchev–Trinajstić information content (AvgIpc) is 3.27. The number of nitrogens with one attached hydrogen (secondary N) is 2. The minimum absolute atomic E-state index is 0.148. The van der Waals surface area contributed by atoms with Crippen LogP contribution in [0.3, 0.4) is 0 Å². The molecule has 4 rings (SSSR count). The lowest BCUT2D eigenvalue weighted by molar-refractivity contribution is -0.137. The number of aromatic amines is 1. The summed E-state index contributed by atoms with van der Waals surface area (Å²) in [5, 5.41) is 2.38. The average molecular weight is 474 g/mol. The molecule has 0 bridgehead atoms. The molecule has 1 unspecified atom stereocenters. The fraction of sp³-hybridized carbons (Fsp3) is 0.0870. The number of esters is 1. The quantitative estimate of drug-likeness (QED) is 0.360. The SMILES string of the molecule is O=C(OC(C(=O)Nc1ccc(Cl)c(C(F)(F)F)c1)c1ccccc1)c1ccnc2[nH]ccc12. The van der Waals surface area contributed by atoms with Crippen molar-refractivity contribution in [3.05, 3.63) is 94.8 Å². The van der Waals surface area contributed by atoms with Gasteiger partial charge in [-0.25, -0.2) is 9.78 Å². The number of hydrogen-bond donors (Lipinski definition) is 2.